The lowest BCUT2D eigenvalue weighted by atomic mass is 10.00. The van der Waals surface area contributed by atoms with E-state index in [1.165, 1.54) is 4.90 Å². The zero-order chi connectivity index (χ0) is 23.7. The van der Waals surface area contributed by atoms with Crippen LogP contribution in [0.1, 0.15) is 22.3 Å². The van der Waals surface area contributed by atoms with Gasteiger partial charge in [0.15, 0.2) is 5.78 Å². The summed E-state index contributed by atoms with van der Waals surface area (Å²) in [6.07, 6.45) is -0.747. The van der Waals surface area contributed by atoms with Crippen LogP contribution in [0.4, 0.5) is 4.39 Å². The lowest BCUT2D eigenvalue weighted by Crippen LogP contribution is -2.47. The van der Waals surface area contributed by atoms with Gasteiger partial charge in [0.2, 0.25) is 5.91 Å². The Hall–Kier alpha value is -4.28. The third-order valence-electron chi connectivity index (χ3n) is 5.41. The molecule has 1 aromatic heterocycles. The zero-order valence-electron chi connectivity index (χ0n) is 17.2. The van der Waals surface area contributed by atoms with Crippen molar-refractivity contribution in [1.29, 1.82) is 0 Å². The second kappa shape index (κ2) is 8.69. The molecule has 2 heterocycles. The number of carbonyl (C=O) groups is 4. The SMILES string of the molecule is O=C(O)CC(NC(=O)CN1Cc2ccc(-c3ccc4[nH]c(=O)[nH]c4c3)cc2C1=O)C(=O)CF. The summed E-state index contributed by atoms with van der Waals surface area (Å²) < 4.78 is 12.7. The zero-order valence-corrected chi connectivity index (χ0v) is 17.2. The van der Waals surface area contributed by atoms with Crippen LogP contribution in [0.5, 0.6) is 0 Å². The number of benzene rings is 2. The second-order valence-electron chi connectivity index (χ2n) is 7.69. The summed E-state index contributed by atoms with van der Waals surface area (Å²) in [5, 5.41) is 11.1. The third kappa shape index (κ3) is 4.52. The van der Waals surface area contributed by atoms with E-state index in [4.69, 9.17) is 5.11 Å². The van der Waals surface area contributed by atoms with Crippen LogP contribution in [0.15, 0.2) is 41.2 Å². The van der Waals surface area contributed by atoms with Gasteiger partial charge in [0.05, 0.1) is 17.5 Å². The number of amides is 2. The van der Waals surface area contributed by atoms with E-state index in [-0.39, 0.29) is 12.2 Å². The number of Topliss-reactive ketones (excluding diaryl/α,β-unsaturated/α-hetero) is 1. The lowest BCUT2D eigenvalue weighted by Gasteiger charge is -2.18. The summed E-state index contributed by atoms with van der Waals surface area (Å²) in [7, 11) is 0. The number of aromatic nitrogens is 2. The van der Waals surface area contributed by atoms with Gasteiger partial charge in [-0.15, -0.1) is 0 Å². The van der Waals surface area contributed by atoms with Crippen LogP contribution in [0.3, 0.4) is 0 Å². The predicted octanol–water partition coefficient (Wildman–Crippen LogP) is 0.977. The number of nitrogens with zero attached hydrogens (tertiary/aromatic N) is 1. The Bertz CT molecular complexity index is 1340. The topological polar surface area (TPSA) is 152 Å². The van der Waals surface area contributed by atoms with E-state index < -0.39 is 49.2 Å². The quantitative estimate of drug-likeness (QED) is 0.398. The van der Waals surface area contributed by atoms with Crippen molar-refractivity contribution in [3.8, 4) is 11.1 Å². The van der Waals surface area contributed by atoms with Gasteiger partial charge in [0, 0.05) is 12.1 Å². The number of ketones is 1. The van der Waals surface area contributed by atoms with E-state index in [0.29, 0.717) is 22.2 Å². The molecule has 0 bridgehead atoms. The second-order valence-corrected chi connectivity index (χ2v) is 7.69. The summed E-state index contributed by atoms with van der Waals surface area (Å²) >= 11 is 0. The molecule has 0 fully saturated rings. The van der Waals surface area contributed by atoms with Gasteiger partial charge in [-0.25, -0.2) is 9.18 Å². The molecule has 1 aliphatic rings. The highest BCUT2D eigenvalue weighted by molar-refractivity contribution is 6.02. The monoisotopic (exact) mass is 454 g/mol. The first-order chi connectivity index (χ1) is 15.7. The Morgan fingerprint density at radius 3 is 2.48 bits per heavy atom. The summed E-state index contributed by atoms with van der Waals surface area (Å²) in [6.45, 7) is -1.65. The number of carboxylic acids is 1. The number of rotatable bonds is 8. The first-order valence-corrected chi connectivity index (χ1v) is 9.99. The lowest BCUT2D eigenvalue weighted by molar-refractivity contribution is -0.140. The minimum Gasteiger partial charge on any atom is -0.481 e. The first-order valence-electron chi connectivity index (χ1n) is 9.99. The number of halogens is 1. The highest BCUT2D eigenvalue weighted by Crippen LogP contribution is 2.29. The van der Waals surface area contributed by atoms with Gasteiger partial charge in [0.1, 0.15) is 19.3 Å². The molecule has 33 heavy (non-hydrogen) atoms. The van der Waals surface area contributed by atoms with Crippen LogP contribution in [-0.2, 0) is 20.9 Å². The molecule has 0 saturated heterocycles. The Morgan fingerprint density at radius 1 is 1.06 bits per heavy atom. The van der Waals surface area contributed by atoms with Crippen molar-refractivity contribution in [1.82, 2.24) is 20.2 Å². The van der Waals surface area contributed by atoms with E-state index in [1.807, 2.05) is 12.1 Å². The molecular formula is C22H19FN4O6. The third-order valence-corrected chi connectivity index (χ3v) is 5.41. The fourth-order valence-electron chi connectivity index (χ4n) is 3.81. The van der Waals surface area contributed by atoms with Crippen LogP contribution in [0.25, 0.3) is 22.2 Å². The van der Waals surface area contributed by atoms with Crippen LogP contribution in [0, 0.1) is 0 Å². The number of alkyl halides is 1. The summed E-state index contributed by atoms with van der Waals surface area (Å²) in [6, 6.07) is 9.13. The minimum absolute atomic E-state index is 0.159. The number of aliphatic carboxylic acids is 1. The summed E-state index contributed by atoms with van der Waals surface area (Å²) in [5.74, 6) is -3.57. The number of nitrogens with one attached hydrogen (secondary N) is 3. The predicted molar refractivity (Wildman–Crippen MR) is 114 cm³/mol. The number of imidazole rings is 1. The Kier molecular flexibility index (Phi) is 5.78. The summed E-state index contributed by atoms with van der Waals surface area (Å²) in [4.78, 5) is 65.7. The number of hydrogen-bond donors (Lipinski definition) is 4. The molecule has 2 amide bonds. The molecule has 4 N–H and O–H groups in total. The maximum absolute atomic E-state index is 12.9. The van der Waals surface area contributed by atoms with Gasteiger partial charge in [0.25, 0.3) is 5.91 Å². The van der Waals surface area contributed by atoms with Gasteiger partial charge in [-0.2, -0.15) is 0 Å². The molecule has 0 saturated carbocycles. The Labute approximate surface area is 185 Å². The number of carboxylic acid groups (broad SMARTS) is 1. The summed E-state index contributed by atoms with van der Waals surface area (Å²) in [5.41, 5.74) is 3.60. The number of fused-ring (bicyclic) bond motifs is 2. The maximum atomic E-state index is 12.9. The fourth-order valence-corrected chi connectivity index (χ4v) is 3.81. The first kappa shape index (κ1) is 21.9. The van der Waals surface area contributed by atoms with Gasteiger partial charge >= 0.3 is 11.7 Å². The van der Waals surface area contributed by atoms with E-state index >= 15 is 0 Å². The Morgan fingerprint density at radius 2 is 1.76 bits per heavy atom. The van der Waals surface area contributed by atoms with E-state index in [1.54, 1.807) is 24.3 Å². The molecule has 3 aromatic rings. The van der Waals surface area contributed by atoms with Crippen LogP contribution < -0.4 is 11.0 Å². The molecule has 0 aliphatic carbocycles. The molecule has 0 radical (unpaired) electrons. The van der Waals surface area contributed by atoms with Crippen molar-refractivity contribution in [3.63, 3.8) is 0 Å². The molecule has 1 unspecified atom stereocenters. The van der Waals surface area contributed by atoms with Crippen molar-refractivity contribution < 1.29 is 28.7 Å². The fraction of sp³-hybridized carbons (Fsp3) is 0.227. The maximum Gasteiger partial charge on any atom is 0.323 e. The molecule has 1 atom stereocenters. The van der Waals surface area contributed by atoms with Crippen molar-refractivity contribution >= 4 is 34.6 Å². The van der Waals surface area contributed by atoms with Crippen LogP contribution in [-0.4, -0.2) is 62.8 Å². The minimum atomic E-state index is -1.50. The smallest absolute Gasteiger partial charge is 0.323 e. The molecule has 0 spiro atoms. The number of aromatic amines is 2. The largest absolute Gasteiger partial charge is 0.481 e. The average molecular weight is 454 g/mol. The number of H-pyrrole nitrogens is 2. The van der Waals surface area contributed by atoms with E-state index in [0.717, 1.165) is 11.1 Å². The van der Waals surface area contributed by atoms with Crippen molar-refractivity contribution in [2.24, 2.45) is 0 Å². The normalized spacial score (nSPS) is 13.7. The van der Waals surface area contributed by atoms with E-state index in [2.05, 4.69) is 15.3 Å². The van der Waals surface area contributed by atoms with Crippen LogP contribution in [0.2, 0.25) is 0 Å². The molecular weight excluding hydrogens is 435 g/mol. The molecule has 170 valence electrons. The van der Waals surface area contributed by atoms with Crippen molar-refractivity contribution in [2.45, 2.75) is 19.0 Å². The van der Waals surface area contributed by atoms with Crippen molar-refractivity contribution in [2.75, 3.05) is 13.2 Å². The van der Waals surface area contributed by atoms with Crippen molar-refractivity contribution in [3.05, 3.63) is 58.0 Å². The van der Waals surface area contributed by atoms with Gasteiger partial charge in [-0.05, 0) is 34.9 Å². The molecule has 10 nitrogen and oxygen atoms in total. The van der Waals surface area contributed by atoms with Gasteiger partial charge in [-0.3, -0.25) is 19.2 Å². The molecule has 4 rings (SSSR count). The number of hydrogen-bond acceptors (Lipinski definition) is 5. The van der Waals surface area contributed by atoms with E-state index in [9.17, 15) is 28.4 Å². The standard InChI is InChI=1S/C22H19FN4O6/c23-8-18(28)17(7-20(30)31)24-19(29)10-27-9-13-2-1-11(5-14(13)21(27)32)12-3-4-15-16(6-12)26-22(33)25-15/h1-6,17H,7-10H2,(H,24,29)(H,30,31)(H2,25,26,33). The average Bonchev–Trinajstić information content (AvgIpc) is 3.30. The Balaban J connectivity index is 1.49. The molecule has 11 heteroatoms. The number of carbonyl (C=O) groups excluding carboxylic acids is 3. The van der Waals surface area contributed by atoms with Gasteiger partial charge in [-0.1, -0.05) is 18.2 Å². The molecule has 1 aliphatic heterocycles. The molecule has 2 aromatic carbocycles. The van der Waals surface area contributed by atoms with Crippen LogP contribution >= 0.6 is 0 Å². The highest BCUT2D eigenvalue weighted by Gasteiger charge is 2.31. The highest BCUT2D eigenvalue weighted by atomic mass is 19.1. The van der Waals surface area contributed by atoms with Gasteiger partial charge < -0.3 is 25.3 Å².